The van der Waals surface area contributed by atoms with E-state index in [1.54, 1.807) is 13.8 Å². The van der Waals surface area contributed by atoms with Crippen LogP contribution in [0.2, 0.25) is 0 Å². The fourth-order valence-corrected chi connectivity index (χ4v) is 1.73. The van der Waals surface area contributed by atoms with Gasteiger partial charge in [0.15, 0.2) is 5.75 Å². The van der Waals surface area contributed by atoms with Crippen molar-refractivity contribution >= 4 is 16.9 Å². The second-order valence-corrected chi connectivity index (χ2v) is 4.49. The normalized spacial score (nSPS) is 10.8. The van der Waals surface area contributed by atoms with Gasteiger partial charge in [0, 0.05) is 13.0 Å². The first kappa shape index (κ1) is 13.9. The number of hydrogen-bond acceptors (Lipinski definition) is 6. The Balaban J connectivity index is 2.76. The first-order valence-corrected chi connectivity index (χ1v) is 6.03. The molecule has 0 aliphatic carbocycles. The van der Waals surface area contributed by atoms with E-state index in [1.165, 1.54) is 25.1 Å². The number of phenols is 1. The van der Waals surface area contributed by atoms with Gasteiger partial charge in [-0.3, -0.25) is 4.79 Å². The first-order valence-electron chi connectivity index (χ1n) is 6.03. The molecule has 2 aromatic rings. The topological polar surface area (TPSA) is 86.0 Å². The Morgan fingerprint density at radius 1 is 1.30 bits per heavy atom. The summed E-state index contributed by atoms with van der Waals surface area (Å²) < 4.78 is 15.5. The van der Waals surface area contributed by atoms with Gasteiger partial charge in [-0.15, -0.1) is 0 Å². The fourth-order valence-electron chi connectivity index (χ4n) is 1.73. The zero-order valence-electron chi connectivity index (χ0n) is 11.3. The minimum Gasteiger partial charge on any atom is -0.508 e. The van der Waals surface area contributed by atoms with Crippen LogP contribution in [0.25, 0.3) is 11.0 Å². The van der Waals surface area contributed by atoms with Crippen LogP contribution in [0.4, 0.5) is 0 Å². The van der Waals surface area contributed by atoms with Gasteiger partial charge in [0.25, 0.3) is 0 Å². The smallest absolute Gasteiger partial charge is 0.383 e. The number of hydrogen-bond donors (Lipinski definition) is 1. The van der Waals surface area contributed by atoms with Crippen LogP contribution >= 0.6 is 0 Å². The molecule has 0 fully saturated rings. The molecule has 6 nitrogen and oxygen atoms in total. The minimum atomic E-state index is -0.770. The molecule has 0 spiro atoms. The van der Waals surface area contributed by atoms with E-state index in [4.69, 9.17) is 13.9 Å². The standard InChI is InChI=1S/C14H14O6/c1-7(2)18-13-12(19-8(3)15)10-5-4-9(16)6-11(10)20-14(13)17/h4-7,16H,1-3H3. The third-order valence-electron chi connectivity index (χ3n) is 2.40. The average Bonchev–Trinajstić information content (AvgIpc) is 2.32. The van der Waals surface area contributed by atoms with Crippen LogP contribution in [0.1, 0.15) is 20.8 Å². The van der Waals surface area contributed by atoms with Crippen LogP contribution in [0, 0.1) is 0 Å². The number of carbonyl (C=O) groups excluding carboxylic acids is 1. The number of rotatable bonds is 3. The molecule has 20 heavy (non-hydrogen) atoms. The van der Waals surface area contributed by atoms with Crippen molar-refractivity contribution in [2.75, 3.05) is 0 Å². The summed E-state index contributed by atoms with van der Waals surface area (Å²) in [4.78, 5) is 23.1. The molecule has 0 aliphatic rings. The highest BCUT2D eigenvalue weighted by atomic mass is 16.6. The third-order valence-corrected chi connectivity index (χ3v) is 2.40. The number of phenolic OH excluding ortho intramolecular Hbond substituents is 1. The molecule has 0 saturated carbocycles. The molecule has 0 unspecified atom stereocenters. The Hall–Kier alpha value is -2.50. The maximum absolute atomic E-state index is 11.9. The fraction of sp³-hybridized carbons (Fsp3) is 0.286. The van der Waals surface area contributed by atoms with E-state index in [-0.39, 0.29) is 28.9 Å². The molecule has 0 radical (unpaired) electrons. The van der Waals surface area contributed by atoms with Crippen LogP contribution in [-0.4, -0.2) is 17.2 Å². The van der Waals surface area contributed by atoms with Crippen molar-refractivity contribution in [2.45, 2.75) is 26.9 Å². The molecular weight excluding hydrogens is 264 g/mol. The van der Waals surface area contributed by atoms with E-state index < -0.39 is 11.6 Å². The SMILES string of the molecule is CC(=O)Oc1c(OC(C)C)c(=O)oc2cc(O)ccc12. The lowest BCUT2D eigenvalue weighted by Crippen LogP contribution is -2.16. The molecule has 1 N–H and O–H groups in total. The highest BCUT2D eigenvalue weighted by molar-refractivity contribution is 5.89. The van der Waals surface area contributed by atoms with Gasteiger partial charge in [-0.2, -0.15) is 0 Å². The first-order chi connectivity index (χ1) is 9.38. The second kappa shape index (κ2) is 5.24. The molecule has 0 aliphatic heterocycles. The summed E-state index contributed by atoms with van der Waals surface area (Å²) in [5.74, 6) is -0.809. The molecular formula is C14H14O6. The summed E-state index contributed by atoms with van der Waals surface area (Å²) in [5, 5.41) is 9.78. The van der Waals surface area contributed by atoms with Crippen molar-refractivity contribution < 1.29 is 23.8 Å². The van der Waals surface area contributed by atoms with E-state index in [0.29, 0.717) is 5.39 Å². The van der Waals surface area contributed by atoms with Crippen LogP contribution in [0.5, 0.6) is 17.2 Å². The van der Waals surface area contributed by atoms with Gasteiger partial charge in [-0.05, 0) is 26.0 Å². The second-order valence-electron chi connectivity index (χ2n) is 4.49. The molecule has 0 amide bonds. The quantitative estimate of drug-likeness (QED) is 0.684. The maximum Gasteiger partial charge on any atom is 0.383 e. The van der Waals surface area contributed by atoms with E-state index in [1.807, 2.05) is 0 Å². The Bertz CT molecular complexity index is 713. The van der Waals surface area contributed by atoms with Crippen molar-refractivity contribution in [3.63, 3.8) is 0 Å². The predicted molar refractivity (Wildman–Crippen MR) is 71.2 cm³/mol. The lowest BCUT2D eigenvalue weighted by Gasteiger charge is -2.13. The monoisotopic (exact) mass is 278 g/mol. The Kier molecular flexibility index (Phi) is 3.65. The summed E-state index contributed by atoms with van der Waals surface area (Å²) in [7, 11) is 0. The largest absolute Gasteiger partial charge is 0.508 e. The third kappa shape index (κ3) is 2.74. The van der Waals surface area contributed by atoms with Gasteiger partial charge in [0.1, 0.15) is 11.3 Å². The van der Waals surface area contributed by atoms with Crippen LogP contribution in [-0.2, 0) is 4.79 Å². The highest BCUT2D eigenvalue weighted by Gasteiger charge is 2.20. The van der Waals surface area contributed by atoms with E-state index in [0.717, 1.165) is 0 Å². The number of carbonyl (C=O) groups is 1. The molecule has 0 bridgehead atoms. The van der Waals surface area contributed by atoms with E-state index >= 15 is 0 Å². The number of esters is 1. The Morgan fingerprint density at radius 3 is 2.60 bits per heavy atom. The molecule has 6 heteroatoms. The summed E-state index contributed by atoms with van der Waals surface area (Å²) in [6.07, 6.45) is -0.290. The molecule has 0 atom stereocenters. The van der Waals surface area contributed by atoms with E-state index in [2.05, 4.69) is 0 Å². The predicted octanol–water partition coefficient (Wildman–Crippen LogP) is 2.21. The van der Waals surface area contributed by atoms with Crippen molar-refractivity contribution in [1.82, 2.24) is 0 Å². The number of fused-ring (bicyclic) bond motifs is 1. The van der Waals surface area contributed by atoms with Crippen LogP contribution in [0.3, 0.4) is 0 Å². The minimum absolute atomic E-state index is 0.00236. The van der Waals surface area contributed by atoms with Crippen LogP contribution < -0.4 is 15.1 Å². The maximum atomic E-state index is 11.9. The molecule has 0 saturated heterocycles. The van der Waals surface area contributed by atoms with E-state index in [9.17, 15) is 14.7 Å². The Morgan fingerprint density at radius 2 is 2.00 bits per heavy atom. The number of aromatic hydroxyl groups is 1. The Labute approximate surface area is 114 Å². The zero-order valence-corrected chi connectivity index (χ0v) is 11.3. The molecule has 1 heterocycles. The van der Waals surface area contributed by atoms with Gasteiger partial charge < -0.3 is 19.0 Å². The lowest BCUT2D eigenvalue weighted by molar-refractivity contribution is -0.131. The summed E-state index contributed by atoms with van der Waals surface area (Å²) >= 11 is 0. The molecule has 106 valence electrons. The summed E-state index contributed by atoms with van der Waals surface area (Å²) in [6.45, 7) is 4.69. The molecule has 1 aromatic heterocycles. The van der Waals surface area contributed by atoms with Crippen molar-refractivity contribution in [3.8, 4) is 17.2 Å². The zero-order chi connectivity index (χ0) is 14.9. The highest BCUT2D eigenvalue weighted by Crippen LogP contribution is 2.34. The number of ether oxygens (including phenoxy) is 2. The number of benzene rings is 1. The summed E-state index contributed by atoms with van der Waals surface area (Å²) in [6, 6.07) is 4.15. The van der Waals surface area contributed by atoms with Gasteiger partial charge in [0.2, 0.25) is 5.75 Å². The van der Waals surface area contributed by atoms with Crippen LogP contribution in [0.15, 0.2) is 27.4 Å². The lowest BCUT2D eigenvalue weighted by atomic mass is 10.2. The van der Waals surface area contributed by atoms with Crippen molar-refractivity contribution in [3.05, 3.63) is 28.6 Å². The molecule has 1 aromatic carbocycles. The van der Waals surface area contributed by atoms with Gasteiger partial charge in [-0.1, -0.05) is 0 Å². The van der Waals surface area contributed by atoms with Gasteiger partial charge in [0.05, 0.1) is 11.5 Å². The summed E-state index contributed by atoms with van der Waals surface area (Å²) in [5.41, 5.74) is -0.657. The average molecular weight is 278 g/mol. The van der Waals surface area contributed by atoms with Crippen molar-refractivity contribution in [2.24, 2.45) is 0 Å². The van der Waals surface area contributed by atoms with Crippen molar-refractivity contribution in [1.29, 1.82) is 0 Å². The van der Waals surface area contributed by atoms with Gasteiger partial charge >= 0.3 is 11.6 Å². The van der Waals surface area contributed by atoms with Gasteiger partial charge in [-0.25, -0.2) is 4.79 Å². The molecule has 2 rings (SSSR count).